The average molecular weight is 348 g/mol. The van der Waals surface area contributed by atoms with Gasteiger partial charge in [-0.05, 0) is 13.8 Å². The van der Waals surface area contributed by atoms with Crippen molar-refractivity contribution in [3.05, 3.63) is 65.8 Å². The first-order valence-corrected chi connectivity index (χ1v) is 8.47. The highest BCUT2D eigenvalue weighted by molar-refractivity contribution is 5.58. The number of aliphatic hydroxyl groups excluding tert-OH is 1. The van der Waals surface area contributed by atoms with Crippen LogP contribution in [0.15, 0.2) is 42.7 Å². The number of imidazole rings is 1. The van der Waals surface area contributed by atoms with E-state index in [9.17, 15) is 5.11 Å². The number of benzene rings is 1. The van der Waals surface area contributed by atoms with Crippen LogP contribution in [0.25, 0.3) is 16.9 Å². The molecule has 0 aliphatic rings. The van der Waals surface area contributed by atoms with Gasteiger partial charge in [0.2, 0.25) is 0 Å². The number of fused-ring (bicyclic) bond motifs is 1. The van der Waals surface area contributed by atoms with Gasteiger partial charge in [-0.2, -0.15) is 0 Å². The Hall–Kier alpha value is -3.06. The van der Waals surface area contributed by atoms with Crippen LogP contribution >= 0.6 is 0 Å². The van der Waals surface area contributed by atoms with Gasteiger partial charge in [-0.25, -0.2) is 14.5 Å². The Morgan fingerprint density at radius 2 is 1.88 bits per heavy atom. The molecule has 0 aliphatic carbocycles. The molecule has 1 N–H and O–H groups in total. The molecule has 7 nitrogen and oxygen atoms in total. The molecule has 26 heavy (non-hydrogen) atoms. The second kappa shape index (κ2) is 6.34. The van der Waals surface area contributed by atoms with Crippen molar-refractivity contribution in [1.82, 2.24) is 29.1 Å². The first-order chi connectivity index (χ1) is 12.5. The van der Waals surface area contributed by atoms with Crippen LogP contribution in [-0.2, 0) is 13.5 Å². The molecule has 0 fully saturated rings. The smallest absolute Gasteiger partial charge is 0.180 e. The van der Waals surface area contributed by atoms with E-state index < -0.39 is 6.10 Å². The lowest BCUT2D eigenvalue weighted by Crippen LogP contribution is -2.08. The average Bonchev–Trinajstić information content (AvgIpc) is 3.25. The number of aromatic nitrogens is 6. The minimum Gasteiger partial charge on any atom is -0.385 e. The number of hydrogen-bond donors (Lipinski definition) is 1. The zero-order valence-corrected chi connectivity index (χ0v) is 15.0. The van der Waals surface area contributed by atoms with E-state index in [1.165, 1.54) is 0 Å². The van der Waals surface area contributed by atoms with E-state index in [4.69, 9.17) is 0 Å². The first kappa shape index (κ1) is 16.4. The highest BCUT2D eigenvalue weighted by atomic mass is 16.3. The minimum absolute atomic E-state index is 0.339. The Bertz CT molecular complexity index is 1030. The quantitative estimate of drug-likeness (QED) is 0.612. The standard InChI is InChI=1S/C19H20N6O/c1-12-10-20-13(2)19-22-18(23-25(12)19)16(26)9-17-21-15(11-24(17)3)14-7-5-4-6-8-14/h4-8,10-11,16,26H,9H2,1-3H3. The van der Waals surface area contributed by atoms with Crippen LogP contribution in [0.3, 0.4) is 0 Å². The van der Waals surface area contributed by atoms with Crippen molar-refractivity contribution >= 4 is 5.65 Å². The molecule has 3 heterocycles. The van der Waals surface area contributed by atoms with Crippen LogP contribution in [0.5, 0.6) is 0 Å². The van der Waals surface area contributed by atoms with E-state index in [0.29, 0.717) is 17.9 Å². The van der Waals surface area contributed by atoms with Crippen molar-refractivity contribution in [2.45, 2.75) is 26.4 Å². The van der Waals surface area contributed by atoms with Crippen LogP contribution in [-0.4, -0.2) is 34.2 Å². The van der Waals surface area contributed by atoms with Gasteiger partial charge >= 0.3 is 0 Å². The maximum absolute atomic E-state index is 10.6. The molecule has 132 valence electrons. The number of hydrogen-bond acceptors (Lipinski definition) is 5. The highest BCUT2D eigenvalue weighted by Gasteiger charge is 2.19. The van der Waals surface area contributed by atoms with Gasteiger partial charge in [0.1, 0.15) is 11.9 Å². The third-order valence-electron chi connectivity index (χ3n) is 4.44. The number of aryl methyl sites for hydroxylation is 3. The maximum atomic E-state index is 10.6. The largest absolute Gasteiger partial charge is 0.385 e. The van der Waals surface area contributed by atoms with Crippen LogP contribution in [0, 0.1) is 13.8 Å². The zero-order valence-electron chi connectivity index (χ0n) is 15.0. The SMILES string of the molecule is Cc1ncc(C)n2nc(C(O)Cc3nc(-c4ccccc4)cn3C)nc12. The summed E-state index contributed by atoms with van der Waals surface area (Å²) in [5.74, 6) is 1.16. The molecule has 0 spiro atoms. The molecule has 1 atom stereocenters. The van der Waals surface area contributed by atoms with Gasteiger partial charge in [0.15, 0.2) is 11.5 Å². The molecule has 1 unspecified atom stereocenters. The topological polar surface area (TPSA) is 81.1 Å². The predicted molar refractivity (Wildman–Crippen MR) is 97.6 cm³/mol. The van der Waals surface area contributed by atoms with Gasteiger partial charge in [-0.15, -0.1) is 5.10 Å². The maximum Gasteiger partial charge on any atom is 0.180 e. The van der Waals surface area contributed by atoms with Crippen molar-refractivity contribution < 1.29 is 5.11 Å². The molecule has 4 rings (SSSR count). The predicted octanol–water partition coefficient (Wildman–Crippen LogP) is 2.42. The molecule has 0 radical (unpaired) electrons. The fourth-order valence-corrected chi connectivity index (χ4v) is 2.96. The van der Waals surface area contributed by atoms with Crippen LogP contribution in [0.1, 0.15) is 29.1 Å². The summed E-state index contributed by atoms with van der Waals surface area (Å²) in [6, 6.07) is 9.98. The minimum atomic E-state index is -0.835. The van der Waals surface area contributed by atoms with E-state index in [2.05, 4.69) is 20.1 Å². The summed E-state index contributed by atoms with van der Waals surface area (Å²) in [7, 11) is 1.93. The van der Waals surface area contributed by atoms with Gasteiger partial charge in [0.05, 0.1) is 17.1 Å². The molecule has 0 bridgehead atoms. The third kappa shape index (κ3) is 2.86. The number of rotatable bonds is 4. The van der Waals surface area contributed by atoms with Gasteiger partial charge in [-0.3, -0.25) is 4.98 Å². The van der Waals surface area contributed by atoms with E-state index in [-0.39, 0.29) is 0 Å². The summed E-state index contributed by atoms with van der Waals surface area (Å²) in [6.45, 7) is 3.79. The van der Waals surface area contributed by atoms with E-state index in [1.54, 1.807) is 10.7 Å². The van der Waals surface area contributed by atoms with Crippen molar-refractivity contribution in [3.63, 3.8) is 0 Å². The van der Waals surface area contributed by atoms with E-state index in [0.717, 1.165) is 28.5 Å². The molecule has 0 saturated carbocycles. The summed E-state index contributed by atoms with van der Waals surface area (Å²) in [4.78, 5) is 13.4. The molecular formula is C19H20N6O. The monoisotopic (exact) mass is 348 g/mol. The molecule has 0 aliphatic heterocycles. The summed E-state index contributed by atoms with van der Waals surface area (Å²) < 4.78 is 3.65. The Morgan fingerprint density at radius 3 is 2.62 bits per heavy atom. The van der Waals surface area contributed by atoms with Gasteiger partial charge in [0.25, 0.3) is 0 Å². The molecule has 7 heteroatoms. The van der Waals surface area contributed by atoms with E-state index in [1.807, 2.05) is 62.0 Å². The van der Waals surface area contributed by atoms with Crippen LogP contribution in [0.4, 0.5) is 0 Å². The molecular weight excluding hydrogens is 328 g/mol. The molecule has 4 aromatic rings. The lowest BCUT2D eigenvalue weighted by molar-refractivity contribution is 0.165. The van der Waals surface area contributed by atoms with Crippen LogP contribution < -0.4 is 0 Å². The number of aliphatic hydroxyl groups is 1. The van der Waals surface area contributed by atoms with Crippen molar-refractivity contribution in [2.24, 2.45) is 7.05 Å². The molecule has 0 amide bonds. The lowest BCUT2D eigenvalue weighted by Gasteiger charge is -2.06. The summed E-state index contributed by atoms with van der Waals surface area (Å²) in [5.41, 5.74) is 4.26. The van der Waals surface area contributed by atoms with Crippen molar-refractivity contribution in [1.29, 1.82) is 0 Å². The second-order valence-electron chi connectivity index (χ2n) is 6.43. The van der Waals surface area contributed by atoms with Crippen molar-refractivity contribution in [3.8, 4) is 11.3 Å². The Morgan fingerprint density at radius 1 is 1.12 bits per heavy atom. The van der Waals surface area contributed by atoms with Crippen molar-refractivity contribution in [2.75, 3.05) is 0 Å². The fourth-order valence-electron chi connectivity index (χ4n) is 2.96. The van der Waals surface area contributed by atoms with E-state index >= 15 is 0 Å². The second-order valence-corrected chi connectivity index (χ2v) is 6.43. The van der Waals surface area contributed by atoms with Gasteiger partial charge < -0.3 is 9.67 Å². The molecule has 3 aromatic heterocycles. The Labute approximate surface area is 151 Å². The van der Waals surface area contributed by atoms with Gasteiger partial charge in [-0.1, -0.05) is 30.3 Å². The Kier molecular flexibility index (Phi) is 4.00. The van der Waals surface area contributed by atoms with Crippen LogP contribution in [0.2, 0.25) is 0 Å². The Balaban J connectivity index is 1.63. The van der Waals surface area contributed by atoms with Gasteiger partial charge in [0, 0.05) is 31.4 Å². The molecule has 0 saturated heterocycles. The summed E-state index contributed by atoms with van der Waals surface area (Å²) in [6.07, 6.45) is 3.22. The summed E-state index contributed by atoms with van der Waals surface area (Å²) >= 11 is 0. The molecule has 1 aromatic carbocycles. The number of nitrogens with zero attached hydrogens (tertiary/aromatic N) is 6. The lowest BCUT2D eigenvalue weighted by atomic mass is 10.2. The summed E-state index contributed by atoms with van der Waals surface area (Å²) in [5, 5.41) is 15.1. The first-order valence-electron chi connectivity index (χ1n) is 8.47. The fraction of sp³-hybridized carbons (Fsp3) is 0.263. The zero-order chi connectivity index (χ0) is 18.3. The normalized spacial score (nSPS) is 12.6. The third-order valence-corrected chi connectivity index (χ3v) is 4.44. The highest BCUT2D eigenvalue weighted by Crippen LogP contribution is 2.21.